The number of Topliss-reactive ketones (excluding diaryl/α,β-unsaturated/α-hetero) is 2. The van der Waals surface area contributed by atoms with Gasteiger partial charge in [0.05, 0.1) is 6.10 Å². The minimum Gasteiger partial charge on any atom is -0.393 e. The SMILES string of the molecule is CC[C@H](/C=C/[C@@H](C)[C@H]1CC[C@@H]2[C@@H]3CC(=O)[C@@H]4CC(=O)CC[C@]4(C)[C@H]3[C@@H](O)C[C@@]21C)C(C)C. The average molecular weight is 443 g/mol. The predicted octanol–water partition coefficient (Wildman–Crippen LogP) is 6.24. The molecule has 0 aromatic heterocycles. The Morgan fingerprint density at radius 1 is 1.06 bits per heavy atom. The Kier molecular flexibility index (Phi) is 6.55. The molecule has 0 radical (unpaired) electrons. The van der Waals surface area contributed by atoms with Crippen molar-refractivity contribution in [2.45, 2.75) is 99.0 Å². The first-order chi connectivity index (χ1) is 15.0. The zero-order valence-electron chi connectivity index (χ0n) is 21.3. The molecule has 32 heavy (non-hydrogen) atoms. The third-order valence-electron chi connectivity index (χ3n) is 10.9. The van der Waals surface area contributed by atoms with Crippen molar-refractivity contribution in [3.8, 4) is 0 Å². The van der Waals surface area contributed by atoms with Crippen LogP contribution in [0.3, 0.4) is 0 Å². The van der Waals surface area contributed by atoms with Gasteiger partial charge in [0.15, 0.2) is 0 Å². The topological polar surface area (TPSA) is 54.4 Å². The predicted molar refractivity (Wildman–Crippen MR) is 129 cm³/mol. The van der Waals surface area contributed by atoms with Crippen molar-refractivity contribution in [1.29, 1.82) is 0 Å². The summed E-state index contributed by atoms with van der Waals surface area (Å²) in [5.74, 6) is 3.71. The summed E-state index contributed by atoms with van der Waals surface area (Å²) in [5.41, 5.74) is -0.109. The Hall–Kier alpha value is -0.960. The number of allylic oxidation sites excluding steroid dienone is 2. The Morgan fingerprint density at radius 2 is 1.78 bits per heavy atom. The molecule has 4 fully saturated rings. The fourth-order valence-corrected chi connectivity index (χ4v) is 9.16. The lowest BCUT2D eigenvalue weighted by atomic mass is 9.43. The van der Waals surface area contributed by atoms with Gasteiger partial charge in [-0.05, 0) is 84.4 Å². The zero-order valence-corrected chi connectivity index (χ0v) is 21.3. The van der Waals surface area contributed by atoms with Crippen molar-refractivity contribution in [3.63, 3.8) is 0 Å². The van der Waals surface area contributed by atoms with Crippen LogP contribution in [-0.4, -0.2) is 22.8 Å². The van der Waals surface area contributed by atoms with Crippen LogP contribution in [0.1, 0.15) is 92.9 Å². The van der Waals surface area contributed by atoms with Gasteiger partial charge in [-0.1, -0.05) is 53.7 Å². The molecular weight excluding hydrogens is 396 g/mol. The summed E-state index contributed by atoms with van der Waals surface area (Å²) in [6.07, 6.45) is 11.3. The van der Waals surface area contributed by atoms with E-state index in [0.29, 0.717) is 54.6 Å². The molecular formula is C29H46O3. The van der Waals surface area contributed by atoms with Crippen molar-refractivity contribution < 1.29 is 14.7 Å². The monoisotopic (exact) mass is 442 g/mol. The molecule has 3 heteroatoms. The molecule has 0 spiro atoms. The molecule has 3 nitrogen and oxygen atoms in total. The number of hydrogen-bond donors (Lipinski definition) is 1. The summed E-state index contributed by atoms with van der Waals surface area (Å²) in [5, 5.41) is 11.6. The second-order valence-corrected chi connectivity index (χ2v) is 12.8. The van der Waals surface area contributed by atoms with Gasteiger partial charge < -0.3 is 5.11 Å². The lowest BCUT2D eigenvalue weighted by Crippen LogP contribution is -2.61. The van der Waals surface area contributed by atoms with E-state index in [2.05, 4.69) is 53.7 Å². The molecule has 1 N–H and O–H groups in total. The molecule has 0 unspecified atom stereocenters. The minimum atomic E-state index is -0.356. The van der Waals surface area contributed by atoms with Crippen LogP contribution in [-0.2, 0) is 9.59 Å². The van der Waals surface area contributed by atoms with Gasteiger partial charge in [0.2, 0.25) is 0 Å². The number of aliphatic hydroxyl groups excluding tert-OH is 1. The first-order valence-electron chi connectivity index (χ1n) is 13.4. The lowest BCUT2D eigenvalue weighted by Gasteiger charge is -2.61. The standard InChI is InChI=1S/C29H46O3/c1-7-19(17(2)3)9-8-18(4)22-10-11-23-21-15-25(31)24-14-20(30)12-13-28(24,5)27(21)26(32)16-29(22,23)6/h8-9,17-19,21-24,26-27,32H,7,10-16H2,1-6H3/b9-8+/t18-,19-,21+,22-,23-,24+,26+,27-,28+,29-/m1/s1. The van der Waals surface area contributed by atoms with Crippen molar-refractivity contribution in [1.82, 2.24) is 0 Å². The molecule has 0 aromatic carbocycles. The Labute approximate surface area is 195 Å². The molecule has 180 valence electrons. The molecule has 0 aromatic rings. The van der Waals surface area contributed by atoms with Crippen LogP contribution in [0.4, 0.5) is 0 Å². The van der Waals surface area contributed by atoms with Gasteiger partial charge in [0.1, 0.15) is 11.6 Å². The van der Waals surface area contributed by atoms with Gasteiger partial charge in [-0.2, -0.15) is 0 Å². The summed E-state index contributed by atoms with van der Waals surface area (Å²) in [4.78, 5) is 25.4. The first kappa shape index (κ1) is 24.2. The maximum Gasteiger partial charge on any atom is 0.137 e. The normalized spacial score (nSPS) is 46.1. The highest BCUT2D eigenvalue weighted by Gasteiger charge is 2.65. The van der Waals surface area contributed by atoms with E-state index < -0.39 is 0 Å². The van der Waals surface area contributed by atoms with Gasteiger partial charge >= 0.3 is 0 Å². The number of rotatable bonds is 5. The average Bonchev–Trinajstić information content (AvgIpc) is 3.06. The van der Waals surface area contributed by atoms with Crippen molar-refractivity contribution in [2.24, 2.45) is 58.2 Å². The summed E-state index contributed by atoms with van der Waals surface area (Å²) >= 11 is 0. The number of carbonyl (C=O) groups is 2. The molecule has 4 aliphatic rings. The maximum absolute atomic E-state index is 13.3. The lowest BCUT2D eigenvalue weighted by molar-refractivity contribution is -0.180. The van der Waals surface area contributed by atoms with E-state index in [9.17, 15) is 14.7 Å². The Bertz CT molecular complexity index is 768. The molecule has 10 atom stereocenters. The van der Waals surface area contributed by atoms with Crippen molar-refractivity contribution in [3.05, 3.63) is 12.2 Å². The molecule has 0 amide bonds. The van der Waals surface area contributed by atoms with Gasteiger partial charge in [-0.3, -0.25) is 9.59 Å². The third kappa shape index (κ3) is 3.75. The van der Waals surface area contributed by atoms with Crippen molar-refractivity contribution in [2.75, 3.05) is 0 Å². The van der Waals surface area contributed by atoms with Crippen LogP contribution >= 0.6 is 0 Å². The van der Waals surface area contributed by atoms with E-state index in [0.717, 1.165) is 12.8 Å². The molecule has 0 aliphatic heterocycles. The second-order valence-electron chi connectivity index (χ2n) is 12.8. The highest BCUT2D eigenvalue weighted by Crippen LogP contribution is 2.67. The van der Waals surface area contributed by atoms with E-state index in [1.807, 2.05) is 0 Å². The summed E-state index contributed by atoms with van der Waals surface area (Å²) in [7, 11) is 0. The summed E-state index contributed by atoms with van der Waals surface area (Å²) in [6, 6.07) is 0. The number of hydrogen-bond acceptors (Lipinski definition) is 3. The van der Waals surface area contributed by atoms with E-state index in [1.54, 1.807) is 0 Å². The smallest absolute Gasteiger partial charge is 0.137 e. The van der Waals surface area contributed by atoms with Crippen molar-refractivity contribution >= 4 is 11.6 Å². The van der Waals surface area contributed by atoms with Gasteiger partial charge in [-0.15, -0.1) is 0 Å². The van der Waals surface area contributed by atoms with Gasteiger partial charge in [-0.25, -0.2) is 0 Å². The summed E-state index contributed by atoms with van der Waals surface area (Å²) in [6.45, 7) is 13.9. The van der Waals surface area contributed by atoms with Crippen LogP contribution in [0.25, 0.3) is 0 Å². The van der Waals surface area contributed by atoms with E-state index in [-0.39, 0.29) is 40.5 Å². The minimum absolute atomic E-state index is 0.0951. The zero-order chi connectivity index (χ0) is 23.4. The second kappa shape index (κ2) is 8.67. The third-order valence-corrected chi connectivity index (χ3v) is 10.9. The summed E-state index contributed by atoms with van der Waals surface area (Å²) < 4.78 is 0. The molecule has 0 heterocycles. The quantitative estimate of drug-likeness (QED) is 0.513. The molecule has 4 rings (SSSR count). The Balaban J connectivity index is 1.59. The van der Waals surface area contributed by atoms with E-state index >= 15 is 0 Å². The number of ketones is 2. The van der Waals surface area contributed by atoms with Crippen LogP contribution in [0.5, 0.6) is 0 Å². The van der Waals surface area contributed by atoms with Crippen LogP contribution in [0.2, 0.25) is 0 Å². The molecule has 4 saturated carbocycles. The first-order valence-corrected chi connectivity index (χ1v) is 13.4. The van der Waals surface area contributed by atoms with Crippen LogP contribution < -0.4 is 0 Å². The van der Waals surface area contributed by atoms with Gasteiger partial charge in [0.25, 0.3) is 0 Å². The molecule has 0 bridgehead atoms. The van der Waals surface area contributed by atoms with Gasteiger partial charge in [0, 0.05) is 25.2 Å². The van der Waals surface area contributed by atoms with Crippen LogP contribution in [0, 0.1) is 58.2 Å². The number of aliphatic hydroxyl groups is 1. The largest absolute Gasteiger partial charge is 0.393 e. The highest BCUT2D eigenvalue weighted by molar-refractivity contribution is 5.90. The molecule has 0 saturated heterocycles. The van der Waals surface area contributed by atoms with E-state index in [1.165, 1.54) is 19.3 Å². The molecule has 4 aliphatic carbocycles. The fourth-order valence-electron chi connectivity index (χ4n) is 9.16. The van der Waals surface area contributed by atoms with E-state index in [4.69, 9.17) is 0 Å². The highest BCUT2D eigenvalue weighted by atomic mass is 16.3. The maximum atomic E-state index is 13.3. The Morgan fingerprint density at radius 3 is 2.44 bits per heavy atom. The number of carbonyl (C=O) groups excluding carboxylic acids is 2. The van der Waals surface area contributed by atoms with Crippen LogP contribution in [0.15, 0.2) is 12.2 Å². The number of fused-ring (bicyclic) bond motifs is 5. The fraction of sp³-hybridized carbons (Fsp3) is 0.862.